The molecule has 2 aliphatic heterocycles. The first kappa shape index (κ1) is 16.0. The maximum absolute atomic E-state index is 12.2. The summed E-state index contributed by atoms with van der Waals surface area (Å²) in [5, 5.41) is 0. The highest BCUT2D eigenvalue weighted by molar-refractivity contribution is 6.51. The highest BCUT2D eigenvalue weighted by atomic mass is 16.7. The van der Waals surface area contributed by atoms with Gasteiger partial charge in [0.2, 0.25) is 0 Å². The van der Waals surface area contributed by atoms with E-state index >= 15 is 0 Å². The predicted molar refractivity (Wildman–Crippen MR) is 87.0 cm³/mol. The Hall–Kier alpha value is -1.92. The lowest BCUT2D eigenvalue weighted by Gasteiger charge is -2.32. The molecule has 2 amide bonds. The summed E-state index contributed by atoms with van der Waals surface area (Å²) in [6.07, 6.45) is 1.74. The average Bonchev–Trinajstić information content (AvgIpc) is 2.83. The second-order valence-corrected chi connectivity index (χ2v) is 6.82. The maximum Gasteiger partial charge on any atom is 0.486 e. The highest BCUT2D eigenvalue weighted by Crippen LogP contribution is 2.36. The Kier molecular flexibility index (Phi) is 3.69. The van der Waals surface area contributed by atoms with Gasteiger partial charge in [-0.25, -0.2) is 0 Å². The molecule has 120 valence electrons. The number of benzene rings is 1. The molecule has 1 aromatic carbocycles. The molecule has 1 aromatic rings. The first-order valence-electron chi connectivity index (χ1n) is 7.70. The molecule has 0 atom stereocenters. The summed E-state index contributed by atoms with van der Waals surface area (Å²) in [6, 6.07) is 6.86. The summed E-state index contributed by atoms with van der Waals surface area (Å²) >= 11 is 0. The fraction of sp³-hybridized carbons (Fsp3) is 0.412. The molecule has 5 nitrogen and oxygen atoms in total. The molecule has 3 rings (SSSR count). The predicted octanol–water partition coefficient (Wildman–Crippen LogP) is 2.47. The van der Waals surface area contributed by atoms with Gasteiger partial charge in [-0.3, -0.25) is 14.5 Å². The molecule has 0 saturated carbocycles. The number of hydrogen-bond donors (Lipinski definition) is 0. The number of fused-ring (bicyclic) bond motifs is 1. The van der Waals surface area contributed by atoms with Crippen LogP contribution in [0.4, 0.5) is 0 Å². The van der Waals surface area contributed by atoms with Crippen LogP contribution in [0.3, 0.4) is 0 Å². The molecule has 0 spiro atoms. The van der Waals surface area contributed by atoms with Crippen molar-refractivity contribution < 1.29 is 18.9 Å². The normalized spacial score (nSPS) is 22.3. The Morgan fingerprint density at radius 2 is 1.48 bits per heavy atom. The molecule has 2 aliphatic rings. The van der Waals surface area contributed by atoms with E-state index in [1.165, 1.54) is 4.90 Å². The minimum absolute atomic E-state index is 0.205. The van der Waals surface area contributed by atoms with Crippen molar-refractivity contribution in [2.45, 2.75) is 38.9 Å². The lowest BCUT2D eigenvalue weighted by Crippen LogP contribution is -2.41. The van der Waals surface area contributed by atoms with Gasteiger partial charge in [-0.05, 0) is 39.8 Å². The van der Waals surface area contributed by atoms with Crippen molar-refractivity contribution in [3.63, 3.8) is 0 Å². The lowest BCUT2D eigenvalue weighted by molar-refractivity contribution is 0.00578. The van der Waals surface area contributed by atoms with Crippen molar-refractivity contribution in [3.05, 3.63) is 47.4 Å². The van der Waals surface area contributed by atoms with Crippen LogP contribution in [0.15, 0.2) is 36.3 Å². The van der Waals surface area contributed by atoms with Crippen LogP contribution >= 0.6 is 0 Å². The third kappa shape index (κ3) is 2.62. The van der Waals surface area contributed by atoms with Gasteiger partial charge in [-0.15, -0.1) is 0 Å². The van der Waals surface area contributed by atoms with Crippen LogP contribution in [-0.2, 0) is 9.31 Å². The van der Waals surface area contributed by atoms with Gasteiger partial charge in [0.15, 0.2) is 0 Å². The van der Waals surface area contributed by atoms with E-state index in [1.807, 2.05) is 27.7 Å². The van der Waals surface area contributed by atoms with Crippen molar-refractivity contribution in [3.8, 4) is 0 Å². The zero-order chi connectivity index (χ0) is 16.8. The summed E-state index contributed by atoms with van der Waals surface area (Å²) in [6.45, 7) is 8.11. The molecule has 0 bridgehead atoms. The molecule has 6 heteroatoms. The molecule has 0 aliphatic carbocycles. The molecule has 0 N–H and O–H groups in total. The van der Waals surface area contributed by atoms with Crippen LogP contribution in [0.2, 0.25) is 0 Å². The fourth-order valence-electron chi connectivity index (χ4n) is 2.65. The van der Waals surface area contributed by atoms with E-state index in [9.17, 15) is 9.59 Å². The second-order valence-electron chi connectivity index (χ2n) is 6.82. The zero-order valence-electron chi connectivity index (χ0n) is 13.8. The van der Waals surface area contributed by atoms with Crippen LogP contribution in [0.25, 0.3) is 0 Å². The van der Waals surface area contributed by atoms with Crippen molar-refractivity contribution in [2.24, 2.45) is 0 Å². The number of carbonyl (C=O) groups excluding carboxylic acids is 2. The maximum atomic E-state index is 12.2. The van der Waals surface area contributed by atoms with Crippen LogP contribution in [0, 0.1) is 0 Å². The van der Waals surface area contributed by atoms with E-state index < -0.39 is 18.3 Å². The number of hydrogen-bond acceptors (Lipinski definition) is 4. The first-order valence-corrected chi connectivity index (χ1v) is 7.70. The third-order valence-electron chi connectivity index (χ3n) is 4.73. The van der Waals surface area contributed by atoms with Gasteiger partial charge in [0.25, 0.3) is 11.8 Å². The van der Waals surface area contributed by atoms with Gasteiger partial charge in [0, 0.05) is 6.54 Å². The van der Waals surface area contributed by atoms with Crippen LogP contribution in [-0.4, -0.2) is 41.6 Å². The number of carbonyl (C=O) groups is 2. The monoisotopic (exact) mass is 313 g/mol. The van der Waals surface area contributed by atoms with Gasteiger partial charge < -0.3 is 9.31 Å². The van der Waals surface area contributed by atoms with Crippen LogP contribution < -0.4 is 0 Å². The van der Waals surface area contributed by atoms with Gasteiger partial charge >= 0.3 is 7.12 Å². The average molecular weight is 313 g/mol. The largest absolute Gasteiger partial charge is 0.486 e. The van der Waals surface area contributed by atoms with Crippen molar-refractivity contribution in [1.29, 1.82) is 0 Å². The number of nitrogens with zero attached hydrogens (tertiary/aromatic N) is 1. The Morgan fingerprint density at radius 3 is 1.96 bits per heavy atom. The quantitative estimate of drug-likeness (QED) is 0.635. The van der Waals surface area contributed by atoms with Gasteiger partial charge in [-0.2, -0.15) is 0 Å². The molecular weight excluding hydrogens is 293 g/mol. The molecule has 1 fully saturated rings. The van der Waals surface area contributed by atoms with E-state index in [1.54, 1.807) is 36.3 Å². The molecule has 0 radical (unpaired) electrons. The Bertz CT molecular complexity index is 645. The van der Waals surface area contributed by atoms with Crippen LogP contribution in [0.5, 0.6) is 0 Å². The SMILES string of the molecule is CC1(C)OB(/C=C\CN2C(=O)c3ccccc3C2=O)OC1(C)C. The minimum Gasteiger partial charge on any atom is -0.400 e. The van der Waals surface area contributed by atoms with E-state index in [-0.39, 0.29) is 18.4 Å². The summed E-state index contributed by atoms with van der Waals surface area (Å²) in [5.41, 5.74) is 0.109. The fourth-order valence-corrected chi connectivity index (χ4v) is 2.65. The van der Waals surface area contributed by atoms with Gasteiger partial charge in [0.05, 0.1) is 22.3 Å². The number of rotatable bonds is 3. The summed E-state index contributed by atoms with van der Waals surface area (Å²) < 4.78 is 11.7. The Balaban J connectivity index is 1.67. The summed E-state index contributed by atoms with van der Waals surface area (Å²) in [4.78, 5) is 25.7. The van der Waals surface area contributed by atoms with E-state index in [2.05, 4.69) is 0 Å². The molecule has 23 heavy (non-hydrogen) atoms. The number of amides is 2. The molecule has 2 heterocycles. The third-order valence-corrected chi connectivity index (χ3v) is 4.73. The van der Waals surface area contributed by atoms with Crippen molar-refractivity contribution in [1.82, 2.24) is 4.90 Å². The molecule has 1 saturated heterocycles. The first-order chi connectivity index (χ1) is 10.7. The topological polar surface area (TPSA) is 55.8 Å². The zero-order valence-corrected chi connectivity index (χ0v) is 13.8. The standard InChI is InChI=1S/C17H20BNO4/c1-16(2)17(3,4)23-18(22-16)10-7-11-19-14(20)12-8-5-6-9-13(12)15(19)21/h5-10H,11H2,1-4H3/b10-7-. The Labute approximate surface area is 136 Å². The van der Waals surface area contributed by atoms with Crippen LogP contribution in [0.1, 0.15) is 48.4 Å². The summed E-state index contributed by atoms with van der Waals surface area (Å²) in [5.74, 6) is 1.23. The molecule has 0 aromatic heterocycles. The highest BCUT2D eigenvalue weighted by Gasteiger charge is 2.50. The van der Waals surface area contributed by atoms with E-state index in [4.69, 9.17) is 9.31 Å². The molecule has 0 unspecified atom stereocenters. The Morgan fingerprint density at radius 1 is 1.00 bits per heavy atom. The molecular formula is C17H20BNO4. The van der Waals surface area contributed by atoms with Gasteiger partial charge in [-0.1, -0.05) is 24.2 Å². The van der Waals surface area contributed by atoms with E-state index in [0.717, 1.165) is 0 Å². The smallest absolute Gasteiger partial charge is 0.400 e. The number of imide groups is 1. The minimum atomic E-state index is -0.477. The lowest BCUT2D eigenvalue weighted by atomic mass is 9.90. The second kappa shape index (κ2) is 5.32. The van der Waals surface area contributed by atoms with Crippen molar-refractivity contribution in [2.75, 3.05) is 6.54 Å². The van der Waals surface area contributed by atoms with Crippen molar-refractivity contribution >= 4 is 18.9 Å². The summed E-state index contributed by atoms with van der Waals surface area (Å²) in [7, 11) is -0.477. The van der Waals surface area contributed by atoms with Gasteiger partial charge in [0.1, 0.15) is 0 Å². The van der Waals surface area contributed by atoms with E-state index in [0.29, 0.717) is 11.1 Å².